The number of unbranched alkanes of at least 4 members (excludes halogenated alkanes) is 2. The predicted octanol–water partition coefficient (Wildman–Crippen LogP) is 3.10. The molecule has 0 saturated carbocycles. The number of rotatable bonds is 7. The molecule has 2 N–H and O–H groups in total. The van der Waals surface area contributed by atoms with E-state index in [9.17, 15) is 0 Å². The van der Waals surface area contributed by atoms with Gasteiger partial charge in [0, 0.05) is 18.7 Å². The first-order valence-electron chi connectivity index (χ1n) is 7.14. The van der Waals surface area contributed by atoms with Crippen molar-refractivity contribution in [3.05, 3.63) is 0 Å². The van der Waals surface area contributed by atoms with E-state index in [1.54, 1.807) is 0 Å². The molecule has 1 aliphatic rings. The molecule has 1 saturated heterocycles. The maximum atomic E-state index is 8.89. The highest BCUT2D eigenvalue weighted by atomic mass is 16.2. The molecular formula is C14H29NO. The number of hydrogen-bond acceptors (Lipinski definition) is 2. The quantitative estimate of drug-likeness (QED) is 0.655. The van der Waals surface area contributed by atoms with Crippen molar-refractivity contribution >= 4 is 0 Å². The van der Waals surface area contributed by atoms with Gasteiger partial charge in [-0.15, -0.1) is 0 Å². The maximum absolute atomic E-state index is 8.89. The Bertz CT molecular complexity index is 172. The summed E-state index contributed by atoms with van der Waals surface area (Å²) in [4.78, 5) is 0. The summed E-state index contributed by atoms with van der Waals surface area (Å²) in [7, 11) is 0. The van der Waals surface area contributed by atoms with E-state index in [-0.39, 0.29) is 0 Å². The van der Waals surface area contributed by atoms with E-state index in [2.05, 4.69) is 19.2 Å². The molecule has 0 aliphatic carbocycles. The van der Waals surface area contributed by atoms with Crippen molar-refractivity contribution < 1.29 is 5.11 Å². The van der Waals surface area contributed by atoms with Crippen molar-refractivity contribution in [3.8, 4) is 0 Å². The van der Waals surface area contributed by atoms with E-state index in [0.717, 1.165) is 24.8 Å². The molecule has 0 aromatic carbocycles. The average molecular weight is 227 g/mol. The van der Waals surface area contributed by atoms with E-state index in [1.807, 2.05) is 0 Å². The third-order valence-corrected chi connectivity index (χ3v) is 3.94. The van der Waals surface area contributed by atoms with Gasteiger partial charge in [0.1, 0.15) is 0 Å². The third-order valence-electron chi connectivity index (χ3n) is 3.94. The summed E-state index contributed by atoms with van der Waals surface area (Å²) in [5.41, 5.74) is 0. The number of hydrogen-bond donors (Lipinski definition) is 2. The molecule has 2 nitrogen and oxygen atoms in total. The molecule has 1 heterocycles. The molecule has 0 aromatic rings. The highest BCUT2D eigenvalue weighted by Gasteiger charge is 2.25. The first-order chi connectivity index (χ1) is 7.77. The predicted molar refractivity (Wildman–Crippen MR) is 69.6 cm³/mol. The molecule has 0 radical (unpaired) electrons. The molecule has 0 unspecified atom stereocenters. The van der Waals surface area contributed by atoms with E-state index in [1.165, 1.54) is 38.5 Å². The summed E-state index contributed by atoms with van der Waals surface area (Å²) in [5.74, 6) is 0.786. The van der Waals surface area contributed by atoms with Crippen molar-refractivity contribution in [1.29, 1.82) is 0 Å². The Hall–Kier alpha value is -0.0800. The zero-order valence-corrected chi connectivity index (χ0v) is 11.0. The average Bonchev–Trinajstić information content (AvgIpc) is 2.30. The zero-order chi connectivity index (χ0) is 11.8. The van der Waals surface area contributed by atoms with Crippen molar-refractivity contribution in [2.45, 2.75) is 77.3 Å². The molecule has 3 atom stereocenters. The lowest BCUT2D eigenvalue weighted by Crippen LogP contribution is -2.46. The summed E-state index contributed by atoms with van der Waals surface area (Å²) in [6, 6.07) is 1.39. The minimum Gasteiger partial charge on any atom is -0.396 e. The fraction of sp³-hybridized carbons (Fsp3) is 1.00. The Labute approximate surface area is 101 Å². The molecule has 0 amide bonds. The molecule has 0 bridgehead atoms. The van der Waals surface area contributed by atoms with Crippen LogP contribution in [0.1, 0.15) is 65.2 Å². The molecule has 2 heteroatoms. The first kappa shape index (κ1) is 14.0. The van der Waals surface area contributed by atoms with Gasteiger partial charge < -0.3 is 10.4 Å². The Morgan fingerprint density at radius 3 is 2.62 bits per heavy atom. The van der Waals surface area contributed by atoms with Gasteiger partial charge in [-0.05, 0) is 38.0 Å². The Balaban J connectivity index is 2.23. The summed E-state index contributed by atoms with van der Waals surface area (Å²) in [6.45, 7) is 4.95. The van der Waals surface area contributed by atoms with Crippen LogP contribution in [0.5, 0.6) is 0 Å². The second-order valence-corrected chi connectivity index (χ2v) is 5.39. The second kappa shape index (κ2) is 8.08. The van der Waals surface area contributed by atoms with Crippen molar-refractivity contribution in [2.24, 2.45) is 5.92 Å². The lowest BCUT2D eigenvalue weighted by molar-refractivity contribution is 0.204. The Morgan fingerprint density at radius 1 is 1.12 bits per heavy atom. The minimum absolute atomic E-state index is 0.339. The SMILES string of the molecule is CCCCC[C@@H]1CC[C@@H](C)[C@H](CCCO)N1. The Morgan fingerprint density at radius 2 is 1.94 bits per heavy atom. The largest absolute Gasteiger partial charge is 0.396 e. The van der Waals surface area contributed by atoms with Crippen LogP contribution >= 0.6 is 0 Å². The van der Waals surface area contributed by atoms with Gasteiger partial charge in [0.25, 0.3) is 0 Å². The molecule has 0 spiro atoms. The second-order valence-electron chi connectivity index (χ2n) is 5.39. The van der Waals surface area contributed by atoms with Crippen molar-refractivity contribution in [2.75, 3.05) is 6.61 Å². The van der Waals surface area contributed by atoms with Crippen LogP contribution in [0.3, 0.4) is 0 Å². The topological polar surface area (TPSA) is 32.3 Å². The van der Waals surface area contributed by atoms with Gasteiger partial charge in [0.05, 0.1) is 0 Å². The Kier molecular flexibility index (Phi) is 7.06. The van der Waals surface area contributed by atoms with Crippen LogP contribution < -0.4 is 5.32 Å². The van der Waals surface area contributed by atoms with Crippen LogP contribution in [0.15, 0.2) is 0 Å². The standard InChI is InChI=1S/C14H29NO/c1-3-4-5-7-13-10-9-12(2)14(15-13)8-6-11-16/h12-16H,3-11H2,1-2H3/t12-,13-,14+/m1/s1. The van der Waals surface area contributed by atoms with Crippen LogP contribution in [0, 0.1) is 5.92 Å². The number of aliphatic hydroxyl groups excluding tert-OH is 1. The minimum atomic E-state index is 0.339. The molecule has 16 heavy (non-hydrogen) atoms. The van der Waals surface area contributed by atoms with Crippen molar-refractivity contribution in [3.63, 3.8) is 0 Å². The number of aliphatic hydroxyl groups is 1. The van der Waals surface area contributed by atoms with E-state index in [0.29, 0.717) is 12.6 Å². The molecular weight excluding hydrogens is 198 g/mol. The van der Waals surface area contributed by atoms with Crippen LogP contribution in [-0.2, 0) is 0 Å². The zero-order valence-electron chi connectivity index (χ0n) is 11.0. The van der Waals surface area contributed by atoms with Gasteiger partial charge in [0.2, 0.25) is 0 Å². The number of nitrogens with one attached hydrogen (secondary N) is 1. The molecule has 1 aliphatic heterocycles. The summed E-state index contributed by atoms with van der Waals surface area (Å²) >= 11 is 0. The third kappa shape index (κ3) is 4.84. The van der Waals surface area contributed by atoms with Crippen LogP contribution in [-0.4, -0.2) is 23.8 Å². The number of piperidine rings is 1. The van der Waals surface area contributed by atoms with Gasteiger partial charge in [0.15, 0.2) is 0 Å². The van der Waals surface area contributed by atoms with Gasteiger partial charge >= 0.3 is 0 Å². The normalized spacial score (nSPS) is 30.6. The smallest absolute Gasteiger partial charge is 0.0431 e. The summed E-state index contributed by atoms with van der Waals surface area (Å²) in [6.07, 6.45) is 10.2. The van der Waals surface area contributed by atoms with Gasteiger partial charge in [-0.1, -0.05) is 33.1 Å². The van der Waals surface area contributed by atoms with Gasteiger partial charge in [-0.25, -0.2) is 0 Å². The first-order valence-corrected chi connectivity index (χ1v) is 7.14. The highest BCUT2D eigenvalue weighted by Crippen LogP contribution is 2.24. The molecule has 96 valence electrons. The lowest BCUT2D eigenvalue weighted by atomic mass is 9.85. The van der Waals surface area contributed by atoms with Gasteiger partial charge in [-0.2, -0.15) is 0 Å². The van der Waals surface area contributed by atoms with E-state index < -0.39 is 0 Å². The maximum Gasteiger partial charge on any atom is 0.0431 e. The summed E-state index contributed by atoms with van der Waals surface area (Å²) in [5, 5.41) is 12.7. The monoisotopic (exact) mass is 227 g/mol. The van der Waals surface area contributed by atoms with E-state index >= 15 is 0 Å². The van der Waals surface area contributed by atoms with Gasteiger partial charge in [-0.3, -0.25) is 0 Å². The van der Waals surface area contributed by atoms with Crippen molar-refractivity contribution in [1.82, 2.24) is 5.32 Å². The fourth-order valence-corrected chi connectivity index (χ4v) is 2.76. The molecule has 1 fully saturated rings. The lowest BCUT2D eigenvalue weighted by Gasteiger charge is -2.36. The molecule has 1 rings (SSSR count). The van der Waals surface area contributed by atoms with Crippen LogP contribution in [0.2, 0.25) is 0 Å². The summed E-state index contributed by atoms with van der Waals surface area (Å²) < 4.78 is 0. The highest BCUT2D eigenvalue weighted by molar-refractivity contribution is 4.84. The molecule has 0 aromatic heterocycles. The van der Waals surface area contributed by atoms with Crippen LogP contribution in [0.25, 0.3) is 0 Å². The van der Waals surface area contributed by atoms with E-state index in [4.69, 9.17) is 5.11 Å². The van der Waals surface area contributed by atoms with Crippen LogP contribution in [0.4, 0.5) is 0 Å². The fourth-order valence-electron chi connectivity index (χ4n) is 2.76.